The maximum absolute atomic E-state index is 13.7. The van der Waals surface area contributed by atoms with Crippen LogP contribution in [0.25, 0.3) is 0 Å². The van der Waals surface area contributed by atoms with Crippen molar-refractivity contribution in [2.45, 2.75) is 109 Å². The molecule has 0 unspecified atom stereocenters. The van der Waals surface area contributed by atoms with E-state index in [1.165, 1.54) is 58.5 Å². The summed E-state index contributed by atoms with van der Waals surface area (Å²) in [5.74, 6) is -0.161. The fraction of sp³-hybridized carbons (Fsp3) is 0.947. The van der Waals surface area contributed by atoms with Gasteiger partial charge in [0, 0.05) is 6.42 Å². The molecule has 1 atom stereocenters. The molecule has 0 amide bonds. The third-order valence-electron chi connectivity index (χ3n) is 4.25. The van der Waals surface area contributed by atoms with Crippen molar-refractivity contribution in [3.63, 3.8) is 0 Å². The zero-order chi connectivity index (χ0) is 16.5. The van der Waals surface area contributed by atoms with Gasteiger partial charge in [0.15, 0.2) is 0 Å². The van der Waals surface area contributed by atoms with Crippen molar-refractivity contribution in [3.8, 4) is 0 Å². The Morgan fingerprint density at radius 3 is 1.77 bits per heavy atom. The summed E-state index contributed by atoms with van der Waals surface area (Å²) in [6.07, 6.45) is 15.3. The van der Waals surface area contributed by atoms with Gasteiger partial charge in [-0.3, -0.25) is 4.79 Å². The molecule has 2 nitrogen and oxygen atoms in total. The Morgan fingerprint density at radius 2 is 1.27 bits per heavy atom. The van der Waals surface area contributed by atoms with E-state index in [1.54, 1.807) is 0 Å². The van der Waals surface area contributed by atoms with Gasteiger partial charge in [0.25, 0.3) is 0 Å². The predicted molar refractivity (Wildman–Crippen MR) is 91.8 cm³/mol. The summed E-state index contributed by atoms with van der Waals surface area (Å²) in [6, 6.07) is 0. The summed E-state index contributed by atoms with van der Waals surface area (Å²) in [6.45, 7) is 2.24. The van der Waals surface area contributed by atoms with Crippen molar-refractivity contribution in [3.05, 3.63) is 0 Å². The van der Waals surface area contributed by atoms with Crippen molar-refractivity contribution in [2.24, 2.45) is 0 Å². The van der Waals surface area contributed by atoms with Crippen LogP contribution < -0.4 is 0 Å². The highest BCUT2D eigenvalue weighted by Gasteiger charge is 2.06. The van der Waals surface area contributed by atoms with Gasteiger partial charge in [0.1, 0.15) is 6.17 Å². The number of unbranched alkanes of at least 4 members (excludes halogenated alkanes) is 10. The molecular formula is C19H37FO2. The largest absolute Gasteiger partial charge is 0.469 e. The van der Waals surface area contributed by atoms with E-state index in [0.717, 1.165) is 25.7 Å². The van der Waals surface area contributed by atoms with Crippen LogP contribution in [0.15, 0.2) is 0 Å². The lowest BCUT2D eigenvalue weighted by Gasteiger charge is -2.08. The number of methoxy groups -OCH3 is 1. The minimum absolute atomic E-state index is 0.161. The van der Waals surface area contributed by atoms with Crippen LogP contribution in [0.2, 0.25) is 0 Å². The molecule has 0 aliphatic carbocycles. The summed E-state index contributed by atoms with van der Waals surface area (Å²) in [5.41, 5.74) is 0. The van der Waals surface area contributed by atoms with Crippen LogP contribution in [-0.2, 0) is 9.53 Å². The molecule has 0 aliphatic rings. The first-order valence-corrected chi connectivity index (χ1v) is 9.41. The SMILES string of the molecule is CCCCCCCCCCC[C@@H](F)CCCCCC(=O)OC. The highest BCUT2D eigenvalue weighted by atomic mass is 19.1. The fourth-order valence-electron chi connectivity index (χ4n) is 2.73. The van der Waals surface area contributed by atoms with E-state index in [4.69, 9.17) is 0 Å². The van der Waals surface area contributed by atoms with E-state index in [9.17, 15) is 9.18 Å². The number of halogens is 1. The first-order chi connectivity index (χ1) is 10.7. The maximum atomic E-state index is 13.7. The molecule has 3 heteroatoms. The van der Waals surface area contributed by atoms with Gasteiger partial charge < -0.3 is 4.74 Å². The van der Waals surface area contributed by atoms with Crippen LogP contribution in [0.5, 0.6) is 0 Å². The zero-order valence-corrected chi connectivity index (χ0v) is 14.9. The highest BCUT2D eigenvalue weighted by Crippen LogP contribution is 2.16. The van der Waals surface area contributed by atoms with Gasteiger partial charge in [-0.05, 0) is 19.3 Å². The smallest absolute Gasteiger partial charge is 0.305 e. The minimum Gasteiger partial charge on any atom is -0.469 e. The molecule has 132 valence electrons. The summed E-state index contributed by atoms with van der Waals surface area (Å²) < 4.78 is 18.3. The fourth-order valence-corrected chi connectivity index (χ4v) is 2.73. The summed E-state index contributed by atoms with van der Waals surface area (Å²) in [7, 11) is 1.41. The Bertz CT molecular complexity index is 244. The normalized spacial score (nSPS) is 12.3. The monoisotopic (exact) mass is 316 g/mol. The quantitative estimate of drug-likeness (QED) is 0.244. The average Bonchev–Trinajstić information content (AvgIpc) is 2.52. The molecular weight excluding hydrogens is 279 g/mol. The van der Waals surface area contributed by atoms with Gasteiger partial charge in [0.2, 0.25) is 0 Å². The van der Waals surface area contributed by atoms with E-state index in [2.05, 4.69) is 11.7 Å². The molecule has 0 aliphatic heterocycles. The molecule has 0 aromatic heterocycles. The second kappa shape index (κ2) is 16.8. The zero-order valence-electron chi connectivity index (χ0n) is 14.9. The molecule has 0 saturated heterocycles. The summed E-state index contributed by atoms with van der Waals surface area (Å²) in [4.78, 5) is 10.9. The van der Waals surface area contributed by atoms with Crippen LogP contribution in [0.4, 0.5) is 4.39 Å². The second-order valence-corrected chi connectivity index (χ2v) is 6.39. The number of alkyl halides is 1. The maximum Gasteiger partial charge on any atom is 0.305 e. The molecule has 0 N–H and O–H groups in total. The number of hydrogen-bond donors (Lipinski definition) is 0. The molecule has 0 fully saturated rings. The topological polar surface area (TPSA) is 26.3 Å². The van der Waals surface area contributed by atoms with Gasteiger partial charge in [-0.15, -0.1) is 0 Å². The molecule has 0 rings (SSSR count). The Morgan fingerprint density at radius 1 is 0.818 bits per heavy atom. The van der Waals surface area contributed by atoms with E-state index in [-0.39, 0.29) is 5.97 Å². The number of esters is 1. The Kier molecular flexibility index (Phi) is 16.3. The lowest BCUT2D eigenvalue weighted by atomic mass is 10.0. The molecule has 0 aromatic rings. The van der Waals surface area contributed by atoms with Crippen LogP contribution in [0.3, 0.4) is 0 Å². The first-order valence-electron chi connectivity index (χ1n) is 9.41. The Balaban J connectivity index is 3.19. The number of carbonyl (C=O) groups excluding carboxylic acids is 1. The summed E-state index contributed by atoms with van der Waals surface area (Å²) >= 11 is 0. The van der Waals surface area contributed by atoms with Crippen molar-refractivity contribution in [2.75, 3.05) is 7.11 Å². The van der Waals surface area contributed by atoms with E-state index in [0.29, 0.717) is 19.3 Å². The predicted octanol–water partition coefficient (Wildman–Crippen LogP) is 6.37. The van der Waals surface area contributed by atoms with Crippen molar-refractivity contribution < 1.29 is 13.9 Å². The van der Waals surface area contributed by atoms with Crippen LogP contribution in [0.1, 0.15) is 103 Å². The molecule has 0 spiro atoms. The third-order valence-corrected chi connectivity index (χ3v) is 4.25. The number of ether oxygens (including phenoxy) is 1. The lowest BCUT2D eigenvalue weighted by molar-refractivity contribution is -0.140. The third kappa shape index (κ3) is 15.8. The average molecular weight is 317 g/mol. The minimum atomic E-state index is -0.650. The highest BCUT2D eigenvalue weighted by molar-refractivity contribution is 5.68. The number of rotatable bonds is 16. The number of carbonyl (C=O) groups is 1. The van der Waals surface area contributed by atoms with Crippen LogP contribution in [-0.4, -0.2) is 19.3 Å². The van der Waals surface area contributed by atoms with Gasteiger partial charge in [-0.1, -0.05) is 77.6 Å². The van der Waals surface area contributed by atoms with Gasteiger partial charge in [-0.2, -0.15) is 0 Å². The van der Waals surface area contributed by atoms with Crippen molar-refractivity contribution >= 4 is 5.97 Å². The summed E-state index contributed by atoms with van der Waals surface area (Å²) in [5, 5.41) is 0. The van der Waals surface area contributed by atoms with Gasteiger partial charge in [0.05, 0.1) is 7.11 Å². The van der Waals surface area contributed by atoms with E-state index >= 15 is 0 Å². The Labute approximate surface area is 137 Å². The van der Waals surface area contributed by atoms with Crippen LogP contribution in [0, 0.1) is 0 Å². The van der Waals surface area contributed by atoms with Gasteiger partial charge in [-0.25, -0.2) is 4.39 Å². The molecule has 0 bridgehead atoms. The first kappa shape index (κ1) is 21.4. The lowest BCUT2D eigenvalue weighted by Crippen LogP contribution is -2.02. The molecule has 0 saturated carbocycles. The van der Waals surface area contributed by atoms with E-state index < -0.39 is 6.17 Å². The molecule has 22 heavy (non-hydrogen) atoms. The number of hydrogen-bond acceptors (Lipinski definition) is 2. The Hall–Kier alpha value is -0.600. The van der Waals surface area contributed by atoms with E-state index in [1.807, 2.05) is 0 Å². The second-order valence-electron chi connectivity index (χ2n) is 6.39. The molecule has 0 radical (unpaired) electrons. The van der Waals surface area contributed by atoms with Gasteiger partial charge >= 0.3 is 5.97 Å². The molecule has 0 aromatic carbocycles. The van der Waals surface area contributed by atoms with Crippen molar-refractivity contribution in [1.29, 1.82) is 0 Å². The van der Waals surface area contributed by atoms with Crippen LogP contribution >= 0.6 is 0 Å². The van der Waals surface area contributed by atoms with Crippen molar-refractivity contribution in [1.82, 2.24) is 0 Å². The standard InChI is InChI=1S/C19H37FO2/c1-3-4-5-6-7-8-9-10-12-15-18(20)16-13-11-14-17-19(21)22-2/h18H,3-17H2,1-2H3/t18-/m1/s1. The molecule has 0 heterocycles.